The highest BCUT2D eigenvalue weighted by atomic mass is 35.5. The van der Waals surface area contributed by atoms with Crippen LogP contribution in [-0.2, 0) is 23.9 Å². The van der Waals surface area contributed by atoms with Crippen LogP contribution in [0.25, 0.3) is 0 Å². The first-order chi connectivity index (χ1) is 13.4. The zero-order valence-corrected chi connectivity index (χ0v) is 15.7. The number of likely N-dealkylation sites (tertiary alicyclic amines) is 1. The first-order valence-electron chi connectivity index (χ1n) is 8.91. The van der Waals surface area contributed by atoms with Crippen molar-refractivity contribution < 1.29 is 23.9 Å². The first-order valence-corrected chi connectivity index (χ1v) is 9.29. The monoisotopic (exact) mass is 403 g/mol. The van der Waals surface area contributed by atoms with E-state index in [1.54, 1.807) is 0 Å². The second-order valence-corrected chi connectivity index (χ2v) is 7.21. The Morgan fingerprint density at radius 2 is 1.86 bits per heavy atom. The largest absolute Gasteiger partial charge is 0.454 e. The number of hydrogen-bond acceptors (Lipinski definition) is 6. The van der Waals surface area contributed by atoms with Crippen molar-refractivity contribution in [3.05, 3.63) is 28.8 Å². The molecule has 1 aromatic carbocycles. The normalized spacial score (nSPS) is 21.1. The number of imide groups is 1. The van der Waals surface area contributed by atoms with Crippen LogP contribution >= 0.6 is 11.6 Å². The number of carbonyl (C=O) groups is 4. The molecule has 28 heavy (non-hydrogen) atoms. The van der Waals surface area contributed by atoms with Crippen LogP contribution in [-0.4, -0.2) is 41.7 Å². The van der Waals surface area contributed by atoms with Gasteiger partial charge in [0, 0.05) is 5.02 Å². The zero-order valence-electron chi connectivity index (χ0n) is 14.9. The van der Waals surface area contributed by atoms with Gasteiger partial charge in [-0.25, -0.2) is 0 Å². The minimum absolute atomic E-state index is 0.199. The smallest absolute Gasteiger partial charge is 0.326 e. The molecule has 2 aliphatic rings. The van der Waals surface area contributed by atoms with Crippen molar-refractivity contribution in [2.45, 2.75) is 25.7 Å². The molecule has 0 unspecified atom stereocenters. The molecule has 0 aromatic heterocycles. The molecule has 8 nitrogen and oxygen atoms in total. The molecule has 3 amide bonds. The van der Waals surface area contributed by atoms with Gasteiger partial charge < -0.3 is 10.1 Å². The predicted octanol–water partition coefficient (Wildman–Crippen LogP) is 1.87. The fourth-order valence-electron chi connectivity index (χ4n) is 3.61. The summed E-state index contributed by atoms with van der Waals surface area (Å²) in [5.74, 6) is -2.88. The van der Waals surface area contributed by atoms with Crippen LogP contribution in [0, 0.1) is 23.2 Å². The molecule has 3 rings (SSSR count). The van der Waals surface area contributed by atoms with Crippen molar-refractivity contribution in [1.29, 1.82) is 5.26 Å². The molecule has 0 spiro atoms. The number of carbonyl (C=O) groups excluding carboxylic acids is 4. The lowest BCUT2D eigenvalue weighted by atomic mass is 9.81. The molecule has 1 heterocycles. The molecule has 1 aliphatic heterocycles. The van der Waals surface area contributed by atoms with Gasteiger partial charge in [0.25, 0.3) is 5.91 Å². The van der Waals surface area contributed by atoms with E-state index in [1.165, 1.54) is 18.2 Å². The van der Waals surface area contributed by atoms with E-state index in [0.29, 0.717) is 17.9 Å². The number of halogens is 1. The maximum atomic E-state index is 12.3. The lowest BCUT2D eigenvalue weighted by Gasteiger charge is -2.19. The second-order valence-electron chi connectivity index (χ2n) is 6.77. The number of amides is 3. The minimum Gasteiger partial charge on any atom is -0.454 e. The summed E-state index contributed by atoms with van der Waals surface area (Å²) in [5.41, 5.74) is 0.407. The van der Waals surface area contributed by atoms with E-state index in [4.69, 9.17) is 21.6 Å². The fourth-order valence-corrected chi connectivity index (χ4v) is 3.78. The number of nitrogens with one attached hydrogen (secondary N) is 1. The van der Waals surface area contributed by atoms with Gasteiger partial charge in [-0.1, -0.05) is 24.4 Å². The van der Waals surface area contributed by atoms with E-state index in [-0.39, 0.29) is 34.9 Å². The van der Waals surface area contributed by atoms with Gasteiger partial charge in [0.05, 0.1) is 23.1 Å². The lowest BCUT2D eigenvalue weighted by Crippen LogP contribution is -2.37. The Labute approximate surface area is 166 Å². The Kier molecular flexibility index (Phi) is 5.95. The van der Waals surface area contributed by atoms with Crippen LogP contribution in [0.1, 0.15) is 31.2 Å². The average molecular weight is 404 g/mol. The molecule has 0 bridgehead atoms. The molecule has 2 atom stereocenters. The summed E-state index contributed by atoms with van der Waals surface area (Å²) in [4.78, 5) is 49.6. The fraction of sp³-hybridized carbons (Fsp3) is 0.421. The SMILES string of the molecule is N#Cc1ccc(Cl)cc1NC(=O)COC(=O)CN1C(=O)[C@@H]2CCCC[C@H]2C1=O. The highest BCUT2D eigenvalue weighted by molar-refractivity contribution is 6.31. The molecular formula is C19H18ClN3O5. The van der Waals surface area contributed by atoms with Gasteiger partial charge in [0.15, 0.2) is 6.61 Å². The van der Waals surface area contributed by atoms with E-state index < -0.39 is 25.0 Å². The number of ether oxygens (including phenoxy) is 1. The summed E-state index contributed by atoms with van der Waals surface area (Å²) in [6, 6.07) is 6.28. The predicted molar refractivity (Wildman–Crippen MR) is 97.9 cm³/mol. The third kappa shape index (κ3) is 4.15. The van der Waals surface area contributed by atoms with Crippen LogP contribution in [0.2, 0.25) is 5.02 Å². The molecule has 146 valence electrons. The van der Waals surface area contributed by atoms with Crippen molar-refractivity contribution in [3.63, 3.8) is 0 Å². The Hall–Kier alpha value is -2.92. The number of rotatable bonds is 5. The summed E-state index contributed by atoms with van der Waals surface area (Å²) in [7, 11) is 0. The molecule has 1 aliphatic carbocycles. The number of nitriles is 1. The van der Waals surface area contributed by atoms with E-state index in [1.807, 2.05) is 6.07 Å². The Morgan fingerprint density at radius 1 is 1.21 bits per heavy atom. The third-order valence-electron chi connectivity index (χ3n) is 4.96. The topological polar surface area (TPSA) is 117 Å². The summed E-state index contributed by atoms with van der Waals surface area (Å²) < 4.78 is 4.88. The number of esters is 1. The third-order valence-corrected chi connectivity index (χ3v) is 5.20. The highest BCUT2D eigenvalue weighted by Crippen LogP contribution is 2.37. The van der Waals surface area contributed by atoms with Crippen LogP contribution in [0.5, 0.6) is 0 Å². The van der Waals surface area contributed by atoms with Gasteiger partial charge in [-0.05, 0) is 31.0 Å². The summed E-state index contributed by atoms with van der Waals surface area (Å²) in [6.45, 7) is -1.11. The average Bonchev–Trinajstić information content (AvgIpc) is 2.92. The van der Waals surface area contributed by atoms with Crippen LogP contribution in [0.4, 0.5) is 5.69 Å². The molecule has 1 saturated heterocycles. The zero-order chi connectivity index (χ0) is 20.3. The highest BCUT2D eigenvalue weighted by Gasteiger charge is 2.48. The maximum Gasteiger partial charge on any atom is 0.326 e. The van der Waals surface area contributed by atoms with Crippen LogP contribution < -0.4 is 5.32 Å². The van der Waals surface area contributed by atoms with E-state index in [9.17, 15) is 19.2 Å². The van der Waals surface area contributed by atoms with Crippen LogP contribution in [0.15, 0.2) is 18.2 Å². The van der Waals surface area contributed by atoms with Crippen molar-refractivity contribution in [1.82, 2.24) is 4.90 Å². The van der Waals surface area contributed by atoms with Gasteiger partial charge >= 0.3 is 5.97 Å². The molecule has 2 fully saturated rings. The lowest BCUT2D eigenvalue weighted by molar-refractivity contribution is -0.154. The maximum absolute atomic E-state index is 12.3. The number of anilines is 1. The molecule has 9 heteroatoms. The number of benzene rings is 1. The standard InChI is InChI=1S/C19H18ClN3O5/c20-12-6-5-11(8-21)15(7-12)22-16(24)10-28-17(25)9-23-18(26)13-3-1-2-4-14(13)19(23)27/h5-7,13-14H,1-4,9-10H2,(H,22,24)/t13-,14-/m1/s1. The summed E-state index contributed by atoms with van der Waals surface area (Å²) in [5, 5.41) is 11.8. The number of hydrogen-bond donors (Lipinski definition) is 1. The Balaban J connectivity index is 1.53. The van der Waals surface area contributed by atoms with Gasteiger partial charge in [0.1, 0.15) is 12.6 Å². The van der Waals surface area contributed by atoms with E-state index in [2.05, 4.69) is 5.32 Å². The van der Waals surface area contributed by atoms with Crippen LogP contribution in [0.3, 0.4) is 0 Å². The summed E-state index contributed by atoms with van der Waals surface area (Å²) >= 11 is 5.84. The van der Waals surface area contributed by atoms with Gasteiger partial charge in [-0.15, -0.1) is 0 Å². The Morgan fingerprint density at radius 3 is 2.46 bits per heavy atom. The second kappa shape index (κ2) is 8.40. The van der Waals surface area contributed by atoms with Crippen molar-refractivity contribution in [2.24, 2.45) is 11.8 Å². The van der Waals surface area contributed by atoms with Gasteiger partial charge in [-0.2, -0.15) is 5.26 Å². The molecule has 1 saturated carbocycles. The van der Waals surface area contributed by atoms with Crippen molar-refractivity contribution >= 4 is 41.0 Å². The van der Waals surface area contributed by atoms with E-state index >= 15 is 0 Å². The molecule has 0 radical (unpaired) electrons. The summed E-state index contributed by atoms with van der Waals surface area (Å²) in [6.07, 6.45) is 3.10. The van der Waals surface area contributed by atoms with Gasteiger partial charge in [-0.3, -0.25) is 24.1 Å². The number of nitrogens with zero attached hydrogens (tertiary/aromatic N) is 2. The van der Waals surface area contributed by atoms with Gasteiger partial charge in [0.2, 0.25) is 11.8 Å². The van der Waals surface area contributed by atoms with Crippen molar-refractivity contribution in [2.75, 3.05) is 18.5 Å². The number of fused-ring (bicyclic) bond motifs is 1. The minimum atomic E-state index is -0.845. The first kappa shape index (κ1) is 19.8. The molecule has 1 aromatic rings. The van der Waals surface area contributed by atoms with Crippen molar-refractivity contribution in [3.8, 4) is 6.07 Å². The van der Waals surface area contributed by atoms with E-state index in [0.717, 1.165) is 17.7 Å². The Bertz CT molecular complexity index is 855. The molecule has 1 N–H and O–H groups in total. The quantitative estimate of drug-likeness (QED) is 0.592. The molecular weight excluding hydrogens is 386 g/mol.